The van der Waals surface area contributed by atoms with Gasteiger partial charge in [0.2, 0.25) is 0 Å². The Bertz CT molecular complexity index is 354. The minimum atomic E-state index is 0.116. The molecule has 0 aromatic heterocycles. The summed E-state index contributed by atoms with van der Waals surface area (Å²) >= 11 is 0. The Morgan fingerprint density at radius 3 is 2.53 bits per heavy atom. The molecule has 0 N–H and O–H groups in total. The molecule has 82 valence electrons. The molecule has 0 unspecified atom stereocenters. The highest BCUT2D eigenvalue weighted by molar-refractivity contribution is 5.78. The van der Waals surface area contributed by atoms with E-state index in [1.165, 1.54) is 11.1 Å². The zero-order valence-electron chi connectivity index (χ0n) is 10.2. The molecule has 1 nitrogen and oxygen atoms in total. The van der Waals surface area contributed by atoms with Crippen LogP contribution in [0.5, 0.6) is 0 Å². The molecule has 1 heteroatoms. The first kappa shape index (κ1) is 12.0. The van der Waals surface area contributed by atoms with Crippen LogP contribution < -0.4 is 0 Å². The van der Waals surface area contributed by atoms with Crippen molar-refractivity contribution in [3.05, 3.63) is 35.5 Å². The normalized spacial score (nSPS) is 22.8. The van der Waals surface area contributed by atoms with Crippen LogP contribution in [0.25, 0.3) is 0 Å². The molecular formula is C14H20O. The van der Waals surface area contributed by atoms with Crippen molar-refractivity contribution in [1.82, 2.24) is 0 Å². The summed E-state index contributed by atoms with van der Waals surface area (Å²) in [7, 11) is 0. The number of carbonyl (C=O) groups is 1. The van der Waals surface area contributed by atoms with E-state index in [4.69, 9.17) is 0 Å². The zero-order chi connectivity index (χ0) is 11.6. The standard InChI is InChI=1S/C14H20O/c1-10-7-6-8-14(4,5)13(10)11(2)9-12(3)15/h6-7H,1,8-9H2,2-5H3/b13-11-. The highest BCUT2D eigenvalue weighted by Crippen LogP contribution is 2.41. The molecule has 0 fully saturated rings. The molecule has 1 aliphatic rings. The summed E-state index contributed by atoms with van der Waals surface area (Å²) in [6.45, 7) is 12.2. The first-order valence-electron chi connectivity index (χ1n) is 5.40. The summed E-state index contributed by atoms with van der Waals surface area (Å²) in [5, 5.41) is 0. The predicted molar refractivity (Wildman–Crippen MR) is 64.7 cm³/mol. The number of carbonyl (C=O) groups excluding carboxylic acids is 1. The van der Waals surface area contributed by atoms with Gasteiger partial charge in [0, 0.05) is 6.42 Å². The molecule has 0 aliphatic heterocycles. The molecule has 0 spiro atoms. The topological polar surface area (TPSA) is 17.1 Å². The molecule has 0 heterocycles. The number of hydrogen-bond donors (Lipinski definition) is 0. The lowest BCUT2D eigenvalue weighted by atomic mass is 9.72. The van der Waals surface area contributed by atoms with Gasteiger partial charge in [0.05, 0.1) is 0 Å². The van der Waals surface area contributed by atoms with Gasteiger partial charge < -0.3 is 0 Å². The van der Waals surface area contributed by atoms with Gasteiger partial charge in [-0.3, -0.25) is 4.79 Å². The van der Waals surface area contributed by atoms with E-state index in [0.29, 0.717) is 6.42 Å². The molecule has 0 aromatic carbocycles. The Morgan fingerprint density at radius 2 is 2.07 bits per heavy atom. The fourth-order valence-electron chi connectivity index (χ4n) is 2.43. The average Bonchev–Trinajstić information content (AvgIpc) is 1.99. The number of allylic oxidation sites excluding steroid dienone is 5. The Balaban J connectivity index is 3.14. The van der Waals surface area contributed by atoms with Crippen molar-refractivity contribution in [3.8, 4) is 0 Å². The van der Waals surface area contributed by atoms with E-state index >= 15 is 0 Å². The highest BCUT2D eigenvalue weighted by Gasteiger charge is 2.27. The Morgan fingerprint density at radius 1 is 1.47 bits per heavy atom. The molecule has 0 radical (unpaired) electrons. The average molecular weight is 204 g/mol. The minimum absolute atomic E-state index is 0.116. The molecular weight excluding hydrogens is 184 g/mol. The van der Waals surface area contributed by atoms with Crippen molar-refractivity contribution in [2.45, 2.75) is 40.5 Å². The van der Waals surface area contributed by atoms with Crippen LogP contribution in [0.15, 0.2) is 35.5 Å². The largest absolute Gasteiger partial charge is 0.300 e. The minimum Gasteiger partial charge on any atom is -0.300 e. The van der Waals surface area contributed by atoms with Crippen LogP contribution in [0.2, 0.25) is 0 Å². The summed E-state index contributed by atoms with van der Waals surface area (Å²) in [5.41, 5.74) is 3.61. The molecule has 0 amide bonds. The van der Waals surface area contributed by atoms with Gasteiger partial charge in [0.25, 0.3) is 0 Å². The smallest absolute Gasteiger partial charge is 0.133 e. The summed E-state index contributed by atoms with van der Waals surface area (Å²) in [5.74, 6) is 0.221. The first-order chi connectivity index (χ1) is 6.84. The van der Waals surface area contributed by atoms with E-state index in [2.05, 4.69) is 32.6 Å². The van der Waals surface area contributed by atoms with Gasteiger partial charge in [0.1, 0.15) is 5.78 Å². The van der Waals surface area contributed by atoms with Crippen LogP contribution in [0.4, 0.5) is 0 Å². The quantitative estimate of drug-likeness (QED) is 0.668. The second-order valence-corrected chi connectivity index (χ2v) is 5.05. The van der Waals surface area contributed by atoms with Gasteiger partial charge >= 0.3 is 0 Å². The van der Waals surface area contributed by atoms with Crippen molar-refractivity contribution >= 4 is 5.78 Å². The fourth-order valence-corrected chi connectivity index (χ4v) is 2.43. The zero-order valence-corrected chi connectivity index (χ0v) is 10.2. The lowest BCUT2D eigenvalue weighted by Gasteiger charge is -2.33. The third kappa shape index (κ3) is 2.68. The van der Waals surface area contributed by atoms with Crippen LogP contribution in [0, 0.1) is 5.41 Å². The maximum Gasteiger partial charge on any atom is 0.133 e. The highest BCUT2D eigenvalue weighted by atomic mass is 16.1. The van der Waals surface area contributed by atoms with E-state index in [9.17, 15) is 4.79 Å². The summed E-state index contributed by atoms with van der Waals surface area (Å²) in [6.07, 6.45) is 5.79. The van der Waals surface area contributed by atoms with Crippen molar-refractivity contribution in [1.29, 1.82) is 0 Å². The summed E-state index contributed by atoms with van der Waals surface area (Å²) in [4.78, 5) is 11.1. The SMILES string of the molecule is C=C1C=CCC(C)(C)/C1=C(/C)CC(C)=O. The molecule has 0 saturated carbocycles. The predicted octanol–water partition coefficient (Wildman–Crippen LogP) is 3.82. The molecule has 0 bridgehead atoms. The Hall–Kier alpha value is -1.11. The van der Waals surface area contributed by atoms with Crippen LogP contribution in [0.1, 0.15) is 40.5 Å². The molecule has 1 aliphatic carbocycles. The van der Waals surface area contributed by atoms with E-state index in [1.807, 2.05) is 6.92 Å². The molecule has 15 heavy (non-hydrogen) atoms. The van der Waals surface area contributed by atoms with Gasteiger partial charge in [-0.05, 0) is 36.8 Å². The van der Waals surface area contributed by atoms with Gasteiger partial charge in [-0.25, -0.2) is 0 Å². The van der Waals surface area contributed by atoms with Crippen molar-refractivity contribution in [2.75, 3.05) is 0 Å². The molecule has 0 atom stereocenters. The number of hydrogen-bond acceptors (Lipinski definition) is 1. The van der Waals surface area contributed by atoms with E-state index in [0.717, 1.165) is 12.0 Å². The van der Waals surface area contributed by atoms with Gasteiger partial charge in [-0.15, -0.1) is 0 Å². The molecule has 1 rings (SSSR count). The second kappa shape index (κ2) is 4.18. The molecule has 0 aromatic rings. The van der Waals surface area contributed by atoms with Crippen molar-refractivity contribution in [2.24, 2.45) is 5.41 Å². The maximum atomic E-state index is 11.1. The Labute approximate surface area is 92.6 Å². The van der Waals surface area contributed by atoms with Crippen LogP contribution in [0.3, 0.4) is 0 Å². The summed E-state index contributed by atoms with van der Waals surface area (Å²) < 4.78 is 0. The maximum absolute atomic E-state index is 11.1. The number of ketones is 1. The Kier molecular flexibility index (Phi) is 3.33. The number of Topliss-reactive ketones (excluding diaryl/α,β-unsaturated/α-hetero) is 1. The van der Waals surface area contributed by atoms with Crippen LogP contribution >= 0.6 is 0 Å². The van der Waals surface area contributed by atoms with E-state index in [-0.39, 0.29) is 11.2 Å². The fraction of sp³-hybridized carbons (Fsp3) is 0.500. The van der Waals surface area contributed by atoms with E-state index in [1.54, 1.807) is 6.92 Å². The van der Waals surface area contributed by atoms with Gasteiger partial charge in [-0.2, -0.15) is 0 Å². The summed E-state index contributed by atoms with van der Waals surface area (Å²) in [6, 6.07) is 0. The first-order valence-corrected chi connectivity index (χ1v) is 5.40. The molecule has 0 saturated heterocycles. The van der Waals surface area contributed by atoms with Crippen molar-refractivity contribution < 1.29 is 4.79 Å². The lowest BCUT2D eigenvalue weighted by molar-refractivity contribution is -0.116. The van der Waals surface area contributed by atoms with Crippen molar-refractivity contribution in [3.63, 3.8) is 0 Å². The van der Waals surface area contributed by atoms with Gasteiger partial charge in [0.15, 0.2) is 0 Å². The van der Waals surface area contributed by atoms with Gasteiger partial charge in [-0.1, -0.05) is 38.2 Å². The van der Waals surface area contributed by atoms with Crippen LogP contribution in [-0.2, 0) is 4.79 Å². The number of rotatable bonds is 2. The lowest BCUT2D eigenvalue weighted by Crippen LogP contribution is -2.19. The monoisotopic (exact) mass is 204 g/mol. The second-order valence-electron chi connectivity index (χ2n) is 5.05. The van der Waals surface area contributed by atoms with E-state index < -0.39 is 0 Å². The third-order valence-corrected chi connectivity index (χ3v) is 2.89. The third-order valence-electron chi connectivity index (χ3n) is 2.89. The van der Waals surface area contributed by atoms with Crippen LogP contribution in [-0.4, -0.2) is 5.78 Å².